The van der Waals surface area contributed by atoms with Crippen LogP contribution in [0.4, 0.5) is 0 Å². The van der Waals surface area contributed by atoms with Crippen LogP contribution in [0.3, 0.4) is 0 Å². The fourth-order valence-corrected chi connectivity index (χ4v) is 2.99. The zero-order valence-corrected chi connectivity index (χ0v) is 12.4. The lowest BCUT2D eigenvalue weighted by Crippen LogP contribution is -2.55. The van der Waals surface area contributed by atoms with Crippen molar-refractivity contribution in [2.75, 3.05) is 6.54 Å². The molecule has 3 amide bonds. The summed E-state index contributed by atoms with van der Waals surface area (Å²) in [7, 11) is 0. The number of piperidine rings is 1. The molecule has 114 valence electrons. The first-order chi connectivity index (χ1) is 10.4. The normalized spacial score (nSPS) is 21.4. The Labute approximate surface area is 127 Å². The Morgan fingerprint density at radius 3 is 2.50 bits per heavy atom. The van der Waals surface area contributed by atoms with Gasteiger partial charge in [0.05, 0.1) is 17.5 Å². The van der Waals surface area contributed by atoms with Gasteiger partial charge in [-0.2, -0.15) is 0 Å². The molecule has 2 aliphatic rings. The molecule has 6 heteroatoms. The number of imide groups is 1. The molecule has 2 aliphatic heterocycles. The van der Waals surface area contributed by atoms with Crippen molar-refractivity contribution < 1.29 is 19.2 Å². The Morgan fingerprint density at radius 1 is 1.14 bits per heavy atom. The van der Waals surface area contributed by atoms with Gasteiger partial charge in [0, 0.05) is 6.54 Å². The second-order valence-electron chi connectivity index (χ2n) is 5.87. The molecule has 1 N–H and O–H groups in total. The van der Waals surface area contributed by atoms with Gasteiger partial charge in [-0.1, -0.05) is 26.0 Å². The van der Waals surface area contributed by atoms with E-state index in [0.717, 1.165) is 10.5 Å². The van der Waals surface area contributed by atoms with Gasteiger partial charge in [0.2, 0.25) is 5.91 Å². The Balaban J connectivity index is 2.02. The number of rotatable bonds is 2. The van der Waals surface area contributed by atoms with Gasteiger partial charge in [-0.3, -0.25) is 24.1 Å². The van der Waals surface area contributed by atoms with Crippen LogP contribution in [0.15, 0.2) is 18.2 Å². The van der Waals surface area contributed by atoms with E-state index in [-0.39, 0.29) is 24.8 Å². The van der Waals surface area contributed by atoms with Gasteiger partial charge >= 0.3 is 0 Å². The van der Waals surface area contributed by atoms with Crippen molar-refractivity contribution in [1.82, 2.24) is 10.2 Å². The Hall–Kier alpha value is -2.50. The first-order valence-electron chi connectivity index (χ1n) is 7.22. The summed E-state index contributed by atoms with van der Waals surface area (Å²) in [6.07, 6.45) is -0.297. The fraction of sp³-hybridized carbons (Fsp3) is 0.375. The van der Waals surface area contributed by atoms with Gasteiger partial charge in [0.1, 0.15) is 6.04 Å². The number of carbonyl (C=O) groups is 4. The summed E-state index contributed by atoms with van der Waals surface area (Å²) >= 11 is 0. The summed E-state index contributed by atoms with van der Waals surface area (Å²) in [5, 5.41) is 2.54. The number of hydrogen-bond donors (Lipinski definition) is 1. The summed E-state index contributed by atoms with van der Waals surface area (Å²) in [6, 6.07) is 4.26. The van der Waals surface area contributed by atoms with Gasteiger partial charge in [0.25, 0.3) is 11.8 Å². The van der Waals surface area contributed by atoms with E-state index in [9.17, 15) is 19.2 Å². The van der Waals surface area contributed by atoms with E-state index in [1.54, 1.807) is 12.1 Å². The molecule has 3 rings (SSSR count). The lowest BCUT2D eigenvalue weighted by molar-refractivity contribution is -0.133. The van der Waals surface area contributed by atoms with Crippen molar-refractivity contribution in [3.8, 4) is 0 Å². The molecule has 1 unspecified atom stereocenters. The first kappa shape index (κ1) is 14.4. The third kappa shape index (κ3) is 2.03. The number of ketones is 1. The van der Waals surface area contributed by atoms with Gasteiger partial charge < -0.3 is 5.32 Å². The highest BCUT2D eigenvalue weighted by Gasteiger charge is 2.45. The molecule has 0 spiro atoms. The highest BCUT2D eigenvalue weighted by Crippen LogP contribution is 2.32. The van der Waals surface area contributed by atoms with Crippen molar-refractivity contribution in [2.24, 2.45) is 0 Å². The van der Waals surface area contributed by atoms with E-state index in [0.29, 0.717) is 11.1 Å². The quantitative estimate of drug-likeness (QED) is 0.648. The predicted molar refractivity (Wildman–Crippen MR) is 77.5 cm³/mol. The third-order valence-electron chi connectivity index (χ3n) is 4.11. The van der Waals surface area contributed by atoms with Crippen LogP contribution in [-0.4, -0.2) is 41.0 Å². The molecule has 1 aromatic rings. The summed E-state index contributed by atoms with van der Waals surface area (Å²) in [5.74, 6) is -1.59. The number of hydrogen-bond acceptors (Lipinski definition) is 4. The van der Waals surface area contributed by atoms with Crippen LogP contribution in [0.1, 0.15) is 52.5 Å². The summed E-state index contributed by atoms with van der Waals surface area (Å²) in [6.45, 7) is 3.88. The van der Waals surface area contributed by atoms with Crippen molar-refractivity contribution >= 4 is 23.5 Å². The molecule has 1 aromatic carbocycles. The van der Waals surface area contributed by atoms with E-state index in [1.807, 2.05) is 19.9 Å². The van der Waals surface area contributed by atoms with Crippen molar-refractivity contribution in [3.05, 3.63) is 34.9 Å². The second kappa shape index (κ2) is 5.05. The van der Waals surface area contributed by atoms with Crippen molar-refractivity contribution in [2.45, 2.75) is 32.2 Å². The minimum Gasteiger partial charge on any atom is -0.353 e. The average Bonchev–Trinajstić information content (AvgIpc) is 2.72. The fourth-order valence-electron chi connectivity index (χ4n) is 2.99. The predicted octanol–water partition coefficient (Wildman–Crippen LogP) is 0.864. The molecule has 2 heterocycles. The van der Waals surface area contributed by atoms with Gasteiger partial charge in [-0.25, -0.2) is 0 Å². The molecule has 0 radical (unpaired) electrons. The van der Waals surface area contributed by atoms with Crippen molar-refractivity contribution in [3.63, 3.8) is 0 Å². The van der Waals surface area contributed by atoms with E-state index >= 15 is 0 Å². The number of fused-ring (bicyclic) bond motifs is 1. The Morgan fingerprint density at radius 2 is 1.86 bits per heavy atom. The molecule has 1 atom stereocenters. The maximum absolute atomic E-state index is 12.7. The molecule has 1 fully saturated rings. The van der Waals surface area contributed by atoms with Crippen LogP contribution < -0.4 is 5.32 Å². The Kier molecular flexibility index (Phi) is 3.31. The van der Waals surface area contributed by atoms with Gasteiger partial charge in [-0.05, 0) is 17.5 Å². The van der Waals surface area contributed by atoms with E-state index in [4.69, 9.17) is 0 Å². The molecule has 1 saturated heterocycles. The summed E-state index contributed by atoms with van der Waals surface area (Å²) in [4.78, 5) is 49.5. The van der Waals surface area contributed by atoms with E-state index in [1.165, 1.54) is 0 Å². The maximum atomic E-state index is 12.7. The van der Waals surface area contributed by atoms with E-state index in [2.05, 4.69) is 5.32 Å². The Bertz CT molecular complexity index is 708. The highest BCUT2D eigenvalue weighted by molar-refractivity contribution is 6.24. The molecule has 0 saturated carbocycles. The largest absolute Gasteiger partial charge is 0.353 e. The SMILES string of the molecule is CC(C)c1cccc2c1C(=O)N(C1CNC(=O)CC1=O)C2=O. The summed E-state index contributed by atoms with van der Waals surface area (Å²) in [5.41, 5.74) is 1.51. The minimum absolute atomic E-state index is 0.0137. The molecule has 0 aromatic heterocycles. The lowest BCUT2D eigenvalue weighted by Gasteiger charge is -2.28. The van der Waals surface area contributed by atoms with Gasteiger partial charge in [0.15, 0.2) is 5.78 Å². The van der Waals surface area contributed by atoms with Crippen LogP contribution in [0.25, 0.3) is 0 Å². The topological polar surface area (TPSA) is 83.6 Å². The maximum Gasteiger partial charge on any atom is 0.262 e. The van der Waals surface area contributed by atoms with Crippen LogP contribution in [0, 0.1) is 0 Å². The lowest BCUT2D eigenvalue weighted by atomic mass is 9.94. The summed E-state index contributed by atoms with van der Waals surface area (Å²) < 4.78 is 0. The smallest absolute Gasteiger partial charge is 0.262 e. The number of Topliss-reactive ketones (excluding diaryl/α,β-unsaturated/α-hetero) is 1. The zero-order chi connectivity index (χ0) is 16.0. The molecule has 6 nitrogen and oxygen atoms in total. The monoisotopic (exact) mass is 300 g/mol. The average molecular weight is 300 g/mol. The highest BCUT2D eigenvalue weighted by atomic mass is 16.2. The molecule has 0 bridgehead atoms. The minimum atomic E-state index is -0.912. The molecule has 0 aliphatic carbocycles. The molecule has 22 heavy (non-hydrogen) atoms. The first-order valence-corrected chi connectivity index (χ1v) is 7.22. The van der Waals surface area contributed by atoms with Crippen LogP contribution in [-0.2, 0) is 9.59 Å². The second-order valence-corrected chi connectivity index (χ2v) is 5.87. The van der Waals surface area contributed by atoms with Gasteiger partial charge in [-0.15, -0.1) is 0 Å². The van der Waals surface area contributed by atoms with E-state index < -0.39 is 23.6 Å². The number of nitrogens with one attached hydrogen (secondary N) is 1. The van der Waals surface area contributed by atoms with Crippen LogP contribution in [0.5, 0.6) is 0 Å². The standard InChI is InChI=1S/C16H16N2O4/c1-8(2)9-4-3-5-10-14(9)16(22)18(15(10)21)11-7-17-13(20)6-12(11)19/h3-5,8,11H,6-7H2,1-2H3,(H,17,20). The van der Waals surface area contributed by atoms with Crippen LogP contribution in [0.2, 0.25) is 0 Å². The zero-order valence-electron chi connectivity index (χ0n) is 12.4. The van der Waals surface area contributed by atoms with Crippen LogP contribution >= 0.6 is 0 Å². The van der Waals surface area contributed by atoms with Crippen molar-refractivity contribution in [1.29, 1.82) is 0 Å². The molecular formula is C16H16N2O4. The third-order valence-corrected chi connectivity index (χ3v) is 4.11. The number of amides is 3. The number of nitrogens with zero attached hydrogens (tertiary/aromatic N) is 1. The number of carbonyl (C=O) groups excluding carboxylic acids is 4. The molecular weight excluding hydrogens is 284 g/mol. The number of benzene rings is 1.